The molecule has 1 aromatic carbocycles. The van der Waals surface area contributed by atoms with E-state index in [1.54, 1.807) is 0 Å². The Labute approximate surface area is 112 Å². The summed E-state index contributed by atoms with van der Waals surface area (Å²) in [6, 6.07) is 18.3. The van der Waals surface area contributed by atoms with Gasteiger partial charge in [-0.05, 0) is 36.8 Å². The van der Waals surface area contributed by atoms with Crippen LogP contribution in [0.25, 0.3) is 22.5 Å². The molecule has 2 aromatic heterocycles. The van der Waals surface area contributed by atoms with E-state index in [-0.39, 0.29) is 0 Å². The van der Waals surface area contributed by atoms with Gasteiger partial charge in [-0.1, -0.05) is 30.3 Å². The SMILES string of the molecule is Cc1cccnc1-c1cccc(-c2ccccn2)c1. The predicted octanol–water partition coefficient (Wildman–Crippen LogP) is 4.12. The molecule has 0 fully saturated rings. The molecular weight excluding hydrogens is 232 g/mol. The van der Waals surface area contributed by atoms with Crippen LogP contribution < -0.4 is 0 Å². The van der Waals surface area contributed by atoms with Crippen molar-refractivity contribution in [2.45, 2.75) is 6.92 Å². The van der Waals surface area contributed by atoms with Crippen LogP contribution in [0, 0.1) is 6.92 Å². The molecule has 0 spiro atoms. The summed E-state index contributed by atoms with van der Waals surface area (Å²) in [5, 5.41) is 0. The summed E-state index contributed by atoms with van der Waals surface area (Å²) in [7, 11) is 0. The second-order valence-electron chi connectivity index (χ2n) is 4.46. The van der Waals surface area contributed by atoms with E-state index >= 15 is 0 Å². The fourth-order valence-corrected chi connectivity index (χ4v) is 2.15. The molecule has 0 bridgehead atoms. The predicted molar refractivity (Wildman–Crippen MR) is 77.6 cm³/mol. The molecule has 0 unspecified atom stereocenters. The molecule has 2 heteroatoms. The lowest BCUT2D eigenvalue weighted by Crippen LogP contribution is -1.88. The van der Waals surface area contributed by atoms with Crippen molar-refractivity contribution < 1.29 is 0 Å². The maximum Gasteiger partial charge on any atom is 0.0731 e. The lowest BCUT2D eigenvalue weighted by molar-refractivity contribution is 1.27. The second-order valence-corrected chi connectivity index (χ2v) is 4.46. The van der Waals surface area contributed by atoms with Crippen LogP contribution in [-0.4, -0.2) is 9.97 Å². The molecule has 3 rings (SSSR count). The average molecular weight is 246 g/mol. The largest absolute Gasteiger partial charge is 0.256 e. The Morgan fingerprint density at radius 1 is 0.737 bits per heavy atom. The third-order valence-corrected chi connectivity index (χ3v) is 3.11. The van der Waals surface area contributed by atoms with Crippen molar-refractivity contribution in [1.29, 1.82) is 0 Å². The van der Waals surface area contributed by atoms with Gasteiger partial charge in [0, 0.05) is 23.5 Å². The van der Waals surface area contributed by atoms with E-state index in [1.807, 2.05) is 42.7 Å². The van der Waals surface area contributed by atoms with Gasteiger partial charge in [0.2, 0.25) is 0 Å². The first kappa shape index (κ1) is 11.6. The van der Waals surface area contributed by atoms with Crippen LogP contribution in [0.5, 0.6) is 0 Å². The molecule has 2 nitrogen and oxygen atoms in total. The maximum atomic E-state index is 4.46. The topological polar surface area (TPSA) is 25.8 Å². The lowest BCUT2D eigenvalue weighted by Gasteiger charge is -2.07. The Morgan fingerprint density at radius 3 is 2.37 bits per heavy atom. The van der Waals surface area contributed by atoms with Crippen molar-refractivity contribution in [1.82, 2.24) is 9.97 Å². The Morgan fingerprint density at radius 2 is 1.58 bits per heavy atom. The summed E-state index contributed by atoms with van der Waals surface area (Å²) < 4.78 is 0. The number of hydrogen-bond donors (Lipinski definition) is 0. The van der Waals surface area contributed by atoms with Crippen LogP contribution in [0.2, 0.25) is 0 Å². The molecule has 2 heterocycles. The zero-order valence-electron chi connectivity index (χ0n) is 10.7. The van der Waals surface area contributed by atoms with Crippen molar-refractivity contribution in [3.8, 4) is 22.5 Å². The van der Waals surface area contributed by atoms with Crippen molar-refractivity contribution in [2.24, 2.45) is 0 Å². The molecule has 0 atom stereocenters. The molecule has 0 N–H and O–H groups in total. The molecule has 0 aliphatic carbocycles. The van der Waals surface area contributed by atoms with Gasteiger partial charge in [-0.3, -0.25) is 9.97 Å². The molecule has 0 amide bonds. The van der Waals surface area contributed by atoms with Crippen molar-refractivity contribution in [3.05, 3.63) is 72.6 Å². The fourth-order valence-electron chi connectivity index (χ4n) is 2.15. The van der Waals surface area contributed by atoms with E-state index in [2.05, 4.69) is 41.2 Å². The van der Waals surface area contributed by atoms with E-state index in [0.717, 1.165) is 22.5 Å². The highest BCUT2D eigenvalue weighted by molar-refractivity contribution is 5.70. The number of aryl methyl sites for hydroxylation is 1. The smallest absolute Gasteiger partial charge is 0.0731 e. The van der Waals surface area contributed by atoms with Gasteiger partial charge in [0.1, 0.15) is 0 Å². The van der Waals surface area contributed by atoms with Gasteiger partial charge in [-0.15, -0.1) is 0 Å². The van der Waals surface area contributed by atoms with Gasteiger partial charge in [0.15, 0.2) is 0 Å². The third-order valence-electron chi connectivity index (χ3n) is 3.11. The van der Waals surface area contributed by atoms with E-state index in [9.17, 15) is 0 Å². The zero-order valence-corrected chi connectivity index (χ0v) is 10.7. The van der Waals surface area contributed by atoms with Crippen LogP contribution in [0.1, 0.15) is 5.56 Å². The van der Waals surface area contributed by atoms with Gasteiger partial charge < -0.3 is 0 Å². The molecule has 19 heavy (non-hydrogen) atoms. The molecule has 0 saturated carbocycles. The Balaban J connectivity index is 2.09. The van der Waals surface area contributed by atoms with Gasteiger partial charge in [-0.2, -0.15) is 0 Å². The quantitative estimate of drug-likeness (QED) is 0.679. The zero-order chi connectivity index (χ0) is 13.1. The van der Waals surface area contributed by atoms with Crippen molar-refractivity contribution in [2.75, 3.05) is 0 Å². The Hall–Kier alpha value is -2.48. The van der Waals surface area contributed by atoms with Crippen LogP contribution in [-0.2, 0) is 0 Å². The minimum atomic E-state index is 0.984. The number of rotatable bonds is 2. The first-order chi connectivity index (χ1) is 9.34. The summed E-state index contributed by atoms with van der Waals surface area (Å²) in [6.07, 6.45) is 3.64. The first-order valence-electron chi connectivity index (χ1n) is 6.28. The van der Waals surface area contributed by atoms with Crippen LogP contribution >= 0.6 is 0 Å². The highest BCUT2D eigenvalue weighted by Crippen LogP contribution is 2.25. The summed E-state index contributed by atoms with van der Waals surface area (Å²) in [4.78, 5) is 8.85. The van der Waals surface area contributed by atoms with Gasteiger partial charge >= 0.3 is 0 Å². The minimum Gasteiger partial charge on any atom is -0.256 e. The molecule has 0 radical (unpaired) electrons. The first-order valence-corrected chi connectivity index (χ1v) is 6.28. The monoisotopic (exact) mass is 246 g/mol. The van der Waals surface area contributed by atoms with Crippen molar-refractivity contribution in [3.63, 3.8) is 0 Å². The maximum absolute atomic E-state index is 4.46. The Bertz CT molecular complexity index is 690. The van der Waals surface area contributed by atoms with Crippen LogP contribution in [0.4, 0.5) is 0 Å². The van der Waals surface area contributed by atoms with Crippen LogP contribution in [0.15, 0.2) is 67.0 Å². The number of benzene rings is 1. The second kappa shape index (κ2) is 5.02. The highest BCUT2D eigenvalue weighted by Gasteiger charge is 2.05. The molecule has 0 saturated heterocycles. The van der Waals surface area contributed by atoms with E-state index in [1.165, 1.54) is 5.56 Å². The van der Waals surface area contributed by atoms with E-state index < -0.39 is 0 Å². The van der Waals surface area contributed by atoms with E-state index in [4.69, 9.17) is 0 Å². The molecule has 0 aliphatic rings. The lowest BCUT2D eigenvalue weighted by atomic mass is 10.0. The average Bonchev–Trinajstić information content (AvgIpc) is 2.49. The highest BCUT2D eigenvalue weighted by atomic mass is 14.7. The Kier molecular flexibility index (Phi) is 3.07. The van der Waals surface area contributed by atoms with Crippen molar-refractivity contribution >= 4 is 0 Å². The molecule has 0 aliphatic heterocycles. The standard InChI is InChI=1S/C17H14N2/c1-13-6-5-11-19-17(13)15-8-4-7-14(12-15)16-9-2-3-10-18-16/h2-12H,1H3. The molecular formula is C17H14N2. The molecule has 92 valence electrons. The van der Waals surface area contributed by atoms with Crippen LogP contribution in [0.3, 0.4) is 0 Å². The van der Waals surface area contributed by atoms with E-state index in [0.29, 0.717) is 0 Å². The van der Waals surface area contributed by atoms with Gasteiger partial charge in [-0.25, -0.2) is 0 Å². The number of aromatic nitrogens is 2. The van der Waals surface area contributed by atoms with Gasteiger partial charge in [0.25, 0.3) is 0 Å². The summed E-state index contributed by atoms with van der Waals surface area (Å²) in [5.41, 5.74) is 5.43. The summed E-state index contributed by atoms with van der Waals surface area (Å²) >= 11 is 0. The normalized spacial score (nSPS) is 10.4. The fraction of sp³-hybridized carbons (Fsp3) is 0.0588. The summed E-state index contributed by atoms with van der Waals surface area (Å²) in [5.74, 6) is 0. The number of nitrogens with zero attached hydrogens (tertiary/aromatic N) is 2. The number of pyridine rings is 2. The number of hydrogen-bond acceptors (Lipinski definition) is 2. The molecule has 3 aromatic rings. The summed E-state index contributed by atoms with van der Waals surface area (Å²) in [6.45, 7) is 2.08. The minimum absolute atomic E-state index is 0.984. The van der Waals surface area contributed by atoms with Gasteiger partial charge in [0.05, 0.1) is 11.4 Å². The third kappa shape index (κ3) is 2.38.